The van der Waals surface area contributed by atoms with Crippen molar-refractivity contribution in [3.05, 3.63) is 59.3 Å². The number of benzene rings is 1. The molecule has 0 N–H and O–H groups in total. The normalized spacial score (nSPS) is 27.0. The van der Waals surface area contributed by atoms with Gasteiger partial charge in [0.05, 0.1) is 11.1 Å². The third kappa shape index (κ3) is 2.49. The van der Waals surface area contributed by atoms with Crippen LogP contribution in [0, 0.1) is 0 Å². The molecule has 0 saturated carbocycles. The minimum absolute atomic E-state index is 0.0891. The molecule has 1 aromatic carbocycles. The number of allylic oxidation sites excluding steroid dienone is 2. The van der Waals surface area contributed by atoms with E-state index in [1.165, 1.54) is 12.1 Å². The predicted octanol–water partition coefficient (Wildman–Crippen LogP) is 4.70. The SMILES string of the molecule is CC12C=C(CBr)C=CN1N=CC2c1ccc(C(F)(F)F)cc1. The number of hydrogen-bond donors (Lipinski definition) is 0. The second-order valence-corrected chi connectivity index (χ2v) is 6.16. The summed E-state index contributed by atoms with van der Waals surface area (Å²) in [5, 5.41) is 6.94. The van der Waals surface area contributed by atoms with Gasteiger partial charge in [0.2, 0.25) is 0 Å². The van der Waals surface area contributed by atoms with Crippen molar-refractivity contribution in [3.63, 3.8) is 0 Å². The molecule has 2 unspecified atom stereocenters. The van der Waals surface area contributed by atoms with Crippen molar-refractivity contribution in [2.45, 2.75) is 24.6 Å². The molecule has 0 radical (unpaired) electrons. The van der Waals surface area contributed by atoms with Gasteiger partial charge in [-0.1, -0.05) is 34.1 Å². The highest BCUT2D eigenvalue weighted by molar-refractivity contribution is 9.09. The average Bonchev–Trinajstić information content (AvgIpc) is 2.82. The Labute approximate surface area is 135 Å². The van der Waals surface area contributed by atoms with Crippen molar-refractivity contribution in [3.8, 4) is 0 Å². The fourth-order valence-electron chi connectivity index (χ4n) is 2.89. The molecule has 3 rings (SSSR count). The fourth-order valence-corrected chi connectivity index (χ4v) is 3.24. The van der Waals surface area contributed by atoms with Crippen molar-refractivity contribution in [1.29, 1.82) is 0 Å². The van der Waals surface area contributed by atoms with Gasteiger partial charge in [-0.05, 0) is 36.3 Å². The van der Waals surface area contributed by atoms with Crippen LogP contribution in [0.3, 0.4) is 0 Å². The van der Waals surface area contributed by atoms with Crippen LogP contribution in [0.1, 0.15) is 24.0 Å². The first-order valence-electron chi connectivity index (χ1n) is 6.81. The molecule has 0 spiro atoms. The molecule has 0 bridgehead atoms. The lowest BCUT2D eigenvalue weighted by Gasteiger charge is -2.37. The first kappa shape index (κ1) is 15.3. The minimum atomic E-state index is -4.31. The zero-order valence-electron chi connectivity index (χ0n) is 11.8. The Bertz CT molecular complexity index is 661. The molecule has 2 aliphatic rings. The van der Waals surface area contributed by atoms with E-state index < -0.39 is 17.3 Å². The van der Waals surface area contributed by atoms with Gasteiger partial charge < -0.3 is 0 Å². The van der Waals surface area contributed by atoms with Crippen LogP contribution in [-0.2, 0) is 6.18 Å². The zero-order valence-corrected chi connectivity index (χ0v) is 13.4. The van der Waals surface area contributed by atoms with Crippen LogP contribution in [0.4, 0.5) is 13.2 Å². The minimum Gasteiger partial charge on any atom is -0.262 e. The van der Waals surface area contributed by atoms with Gasteiger partial charge in [0, 0.05) is 23.7 Å². The standard InChI is InChI=1S/C16H14BrF3N2/c1-15-8-11(9-17)6-7-22(15)21-10-14(15)12-2-4-13(5-3-12)16(18,19)20/h2-8,10,14H,9H2,1H3. The molecule has 2 heterocycles. The second kappa shape index (κ2) is 5.26. The van der Waals surface area contributed by atoms with Crippen LogP contribution in [0.15, 0.2) is 53.3 Å². The Balaban J connectivity index is 1.94. The van der Waals surface area contributed by atoms with Crippen LogP contribution in [0.25, 0.3) is 0 Å². The molecule has 0 saturated heterocycles. The summed E-state index contributed by atoms with van der Waals surface area (Å²) in [6.07, 6.45) is 3.46. The first-order valence-corrected chi connectivity index (χ1v) is 7.93. The maximum Gasteiger partial charge on any atom is 0.416 e. The summed E-state index contributed by atoms with van der Waals surface area (Å²) in [4.78, 5) is 0. The molecule has 2 nitrogen and oxygen atoms in total. The molecule has 6 heteroatoms. The quantitative estimate of drug-likeness (QED) is 0.689. The lowest BCUT2D eigenvalue weighted by molar-refractivity contribution is -0.137. The smallest absolute Gasteiger partial charge is 0.262 e. The van der Waals surface area contributed by atoms with Gasteiger partial charge in [-0.3, -0.25) is 5.01 Å². The number of hydrazone groups is 1. The maximum absolute atomic E-state index is 12.7. The Hall–Kier alpha value is -1.56. The summed E-state index contributed by atoms with van der Waals surface area (Å²) in [7, 11) is 0. The third-order valence-electron chi connectivity index (χ3n) is 4.12. The molecule has 0 aliphatic carbocycles. The highest BCUT2D eigenvalue weighted by Crippen LogP contribution is 2.42. The summed E-state index contributed by atoms with van der Waals surface area (Å²) >= 11 is 3.44. The van der Waals surface area contributed by atoms with E-state index in [9.17, 15) is 13.2 Å². The van der Waals surface area contributed by atoms with Gasteiger partial charge in [-0.15, -0.1) is 0 Å². The van der Waals surface area contributed by atoms with E-state index in [1.54, 1.807) is 6.21 Å². The summed E-state index contributed by atoms with van der Waals surface area (Å²) < 4.78 is 38.0. The number of hydrogen-bond acceptors (Lipinski definition) is 2. The highest BCUT2D eigenvalue weighted by atomic mass is 79.9. The topological polar surface area (TPSA) is 15.6 Å². The number of fused-ring (bicyclic) bond motifs is 1. The van der Waals surface area contributed by atoms with Crippen LogP contribution in [0.5, 0.6) is 0 Å². The molecule has 2 atom stereocenters. The monoisotopic (exact) mass is 370 g/mol. The lowest BCUT2D eigenvalue weighted by atomic mass is 9.79. The van der Waals surface area contributed by atoms with Crippen molar-refractivity contribution in [2.75, 3.05) is 5.33 Å². The van der Waals surface area contributed by atoms with E-state index in [2.05, 4.69) is 27.1 Å². The molecule has 0 aromatic heterocycles. The largest absolute Gasteiger partial charge is 0.416 e. The van der Waals surface area contributed by atoms with Gasteiger partial charge in [-0.25, -0.2) is 0 Å². The van der Waals surface area contributed by atoms with Crippen LogP contribution in [0.2, 0.25) is 0 Å². The van der Waals surface area contributed by atoms with E-state index in [0.29, 0.717) is 0 Å². The number of alkyl halides is 4. The third-order valence-corrected chi connectivity index (χ3v) is 4.77. The zero-order chi connectivity index (χ0) is 16.0. The van der Waals surface area contributed by atoms with E-state index in [-0.39, 0.29) is 5.92 Å². The van der Waals surface area contributed by atoms with E-state index in [0.717, 1.165) is 28.6 Å². The van der Waals surface area contributed by atoms with Crippen molar-refractivity contribution >= 4 is 22.1 Å². The van der Waals surface area contributed by atoms with Crippen LogP contribution in [-0.4, -0.2) is 22.1 Å². The highest BCUT2D eigenvalue weighted by Gasteiger charge is 2.43. The van der Waals surface area contributed by atoms with Gasteiger partial charge in [-0.2, -0.15) is 18.3 Å². The predicted molar refractivity (Wildman–Crippen MR) is 83.9 cm³/mol. The Morgan fingerprint density at radius 2 is 1.95 bits per heavy atom. The lowest BCUT2D eigenvalue weighted by Crippen LogP contribution is -2.41. The van der Waals surface area contributed by atoms with Crippen molar-refractivity contribution in [1.82, 2.24) is 5.01 Å². The maximum atomic E-state index is 12.7. The number of rotatable bonds is 2. The summed E-state index contributed by atoms with van der Waals surface area (Å²) in [5.74, 6) is -0.0891. The molecular formula is C16H14BrF3N2. The van der Waals surface area contributed by atoms with E-state index in [1.807, 2.05) is 24.2 Å². The molecule has 22 heavy (non-hydrogen) atoms. The van der Waals surface area contributed by atoms with Crippen molar-refractivity contribution < 1.29 is 13.2 Å². The van der Waals surface area contributed by atoms with Crippen molar-refractivity contribution in [2.24, 2.45) is 5.10 Å². The molecule has 116 valence electrons. The first-order chi connectivity index (χ1) is 10.3. The Morgan fingerprint density at radius 1 is 1.27 bits per heavy atom. The molecule has 0 fully saturated rings. The van der Waals surface area contributed by atoms with E-state index >= 15 is 0 Å². The summed E-state index contributed by atoms with van der Waals surface area (Å²) in [6, 6.07) is 5.33. The van der Waals surface area contributed by atoms with E-state index in [4.69, 9.17) is 0 Å². The van der Waals surface area contributed by atoms with Crippen LogP contribution < -0.4 is 0 Å². The molecule has 2 aliphatic heterocycles. The average molecular weight is 371 g/mol. The summed E-state index contributed by atoms with van der Waals surface area (Å²) in [5.41, 5.74) is 0.925. The number of halogens is 4. The second-order valence-electron chi connectivity index (χ2n) is 5.60. The number of nitrogens with zero attached hydrogens (tertiary/aromatic N) is 2. The van der Waals surface area contributed by atoms with Gasteiger partial charge in [0.15, 0.2) is 0 Å². The van der Waals surface area contributed by atoms with Crippen LogP contribution >= 0.6 is 15.9 Å². The Morgan fingerprint density at radius 3 is 2.55 bits per heavy atom. The molecular weight excluding hydrogens is 357 g/mol. The van der Waals surface area contributed by atoms with Gasteiger partial charge >= 0.3 is 6.18 Å². The molecule has 0 amide bonds. The van der Waals surface area contributed by atoms with Gasteiger partial charge in [0.25, 0.3) is 0 Å². The fraction of sp³-hybridized carbons (Fsp3) is 0.312. The summed E-state index contributed by atoms with van der Waals surface area (Å²) in [6.45, 7) is 2.04. The Kier molecular flexibility index (Phi) is 3.67. The molecule has 1 aromatic rings. The van der Waals surface area contributed by atoms with Gasteiger partial charge in [0.1, 0.15) is 0 Å².